The molecule has 0 atom stereocenters. The number of likely N-dealkylation sites (N-methyl/N-ethyl adjacent to an activating group) is 1. The molecule has 6 nitrogen and oxygen atoms in total. The molecule has 0 amide bonds. The highest BCUT2D eigenvalue weighted by Gasteiger charge is 2.09. The minimum atomic E-state index is 0.387. The molecule has 0 spiro atoms. The summed E-state index contributed by atoms with van der Waals surface area (Å²) in [6, 6.07) is 6.05. The van der Waals surface area contributed by atoms with Crippen molar-refractivity contribution in [2.45, 2.75) is 20.0 Å². The quantitative estimate of drug-likeness (QED) is 0.574. The van der Waals surface area contributed by atoms with Gasteiger partial charge in [0.2, 0.25) is 0 Å². The maximum absolute atomic E-state index is 5.47. The lowest BCUT2D eigenvalue weighted by molar-refractivity contribution is 0.128. The molecule has 114 valence electrons. The molecule has 2 rings (SSSR count). The molecule has 0 aliphatic carbocycles. The Morgan fingerprint density at radius 1 is 1.43 bits per heavy atom. The number of nitrogens with zero attached hydrogens (tertiary/aromatic N) is 3. The van der Waals surface area contributed by atoms with Crippen LogP contribution in [-0.4, -0.2) is 30.2 Å². The largest absolute Gasteiger partial charge is 0.374 e. The van der Waals surface area contributed by atoms with Crippen LogP contribution < -0.4 is 16.2 Å². The van der Waals surface area contributed by atoms with Gasteiger partial charge in [-0.2, -0.15) is 0 Å². The lowest BCUT2D eigenvalue weighted by atomic mass is 10.3. The number of nitrogens with two attached hydrogens (primary N) is 1. The van der Waals surface area contributed by atoms with Crippen LogP contribution in [0.2, 0.25) is 0 Å². The van der Waals surface area contributed by atoms with E-state index in [1.54, 1.807) is 11.3 Å². The van der Waals surface area contributed by atoms with Crippen LogP contribution in [0.4, 0.5) is 11.6 Å². The summed E-state index contributed by atoms with van der Waals surface area (Å²) in [6.45, 7) is 3.85. The first-order chi connectivity index (χ1) is 10.2. The predicted octanol–water partition coefficient (Wildman–Crippen LogP) is 2.04. The molecule has 0 bridgehead atoms. The minimum Gasteiger partial charge on any atom is -0.374 e. The standard InChI is InChI=1S/C14H21N5OS/c1-3-20-10-13-16-12(18-15)9-14(17-13)19(2)7-6-11-5-4-8-21-11/h4-5,8-9H,3,6-7,10,15H2,1-2H3,(H,16,17,18). The summed E-state index contributed by atoms with van der Waals surface area (Å²) in [5.41, 5.74) is 2.58. The Balaban J connectivity index is 2.05. The first kappa shape index (κ1) is 15.7. The molecular weight excluding hydrogens is 286 g/mol. The lowest BCUT2D eigenvalue weighted by Crippen LogP contribution is -2.23. The van der Waals surface area contributed by atoms with Gasteiger partial charge in [-0.1, -0.05) is 6.07 Å². The van der Waals surface area contributed by atoms with Crippen molar-refractivity contribution >= 4 is 23.0 Å². The second kappa shape index (κ2) is 7.92. The molecule has 3 N–H and O–H groups in total. The summed E-state index contributed by atoms with van der Waals surface area (Å²) < 4.78 is 5.36. The number of nitrogen functional groups attached to an aromatic ring is 1. The number of ether oxygens (including phenoxy) is 1. The average molecular weight is 307 g/mol. The van der Waals surface area contributed by atoms with Crippen LogP contribution >= 0.6 is 11.3 Å². The summed E-state index contributed by atoms with van der Waals surface area (Å²) in [7, 11) is 2.01. The van der Waals surface area contributed by atoms with Crippen molar-refractivity contribution in [3.8, 4) is 0 Å². The Kier molecular flexibility index (Phi) is 5.91. The molecule has 0 saturated heterocycles. The van der Waals surface area contributed by atoms with Gasteiger partial charge in [0.1, 0.15) is 18.2 Å². The first-order valence-electron chi connectivity index (χ1n) is 6.88. The number of anilines is 2. The number of nitrogens with one attached hydrogen (secondary N) is 1. The Bertz CT molecular complexity index is 546. The Morgan fingerprint density at radius 3 is 2.95 bits per heavy atom. The second-order valence-corrected chi connectivity index (χ2v) is 5.59. The number of hydrogen-bond acceptors (Lipinski definition) is 7. The van der Waals surface area contributed by atoms with Gasteiger partial charge in [-0.05, 0) is 24.8 Å². The zero-order valence-corrected chi connectivity index (χ0v) is 13.2. The van der Waals surface area contributed by atoms with E-state index in [2.05, 4.69) is 37.8 Å². The van der Waals surface area contributed by atoms with Gasteiger partial charge in [-0.25, -0.2) is 15.8 Å². The van der Waals surface area contributed by atoms with Crippen LogP contribution in [0.5, 0.6) is 0 Å². The van der Waals surface area contributed by atoms with Crippen LogP contribution in [0.15, 0.2) is 23.6 Å². The van der Waals surface area contributed by atoms with E-state index in [-0.39, 0.29) is 0 Å². The zero-order chi connectivity index (χ0) is 15.1. The van der Waals surface area contributed by atoms with Crippen LogP contribution in [-0.2, 0) is 17.8 Å². The minimum absolute atomic E-state index is 0.387. The molecule has 0 aliphatic heterocycles. The highest BCUT2D eigenvalue weighted by Crippen LogP contribution is 2.16. The number of rotatable bonds is 8. The molecule has 0 unspecified atom stereocenters. The fourth-order valence-corrected chi connectivity index (χ4v) is 2.56. The topological polar surface area (TPSA) is 76.3 Å². The van der Waals surface area contributed by atoms with Gasteiger partial charge in [-0.15, -0.1) is 11.3 Å². The molecule has 0 aromatic carbocycles. The summed E-state index contributed by atoms with van der Waals surface area (Å²) >= 11 is 1.77. The number of hydrazine groups is 1. The van der Waals surface area contributed by atoms with E-state index in [4.69, 9.17) is 10.6 Å². The monoisotopic (exact) mass is 307 g/mol. The molecule has 21 heavy (non-hydrogen) atoms. The molecule has 2 aromatic rings. The van der Waals surface area contributed by atoms with E-state index < -0.39 is 0 Å². The summed E-state index contributed by atoms with van der Waals surface area (Å²) in [5.74, 6) is 7.53. The molecule has 0 radical (unpaired) electrons. The molecular formula is C14H21N5OS. The molecule has 0 fully saturated rings. The SMILES string of the molecule is CCOCc1nc(NN)cc(N(C)CCc2cccs2)n1. The Labute approximate surface area is 128 Å². The average Bonchev–Trinajstić information content (AvgIpc) is 3.03. The van der Waals surface area contributed by atoms with Crippen LogP contribution in [0.25, 0.3) is 0 Å². The maximum atomic E-state index is 5.47. The van der Waals surface area contributed by atoms with E-state index >= 15 is 0 Å². The van der Waals surface area contributed by atoms with Gasteiger partial charge in [0.05, 0.1) is 0 Å². The summed E-state index contributed by atoms with van der Waals surface area (Å²) in [4.78, 5) is 12.3. The van der Waals surface area contributed by atoms with E-state index in [9.17, 15) is 0 Å². The number of hydrogen-bond donors (Lipinski definition) is 2. The van der Waals surface area contributed by atoms with Crippen LogP contribution in [0.1, 0.15) is 17.6 Å². The third kappa shape index (κ3) is 4.66. The normalized spacial score (nSPS) is 10.6. The van der Waals surface area contributed by atoms with E-state index in [1.165, 1.54) is 4.88 Å². The van der Waals surface area contributed by atoms with Gasteiger partial charge in [0.15, 0.2) is 5.82 Å². The molecule has 0 saturated carbocycles. The van der Waals surface area contributed by atoms with Crippen molar-refractivity contribution < 1.29 is 4.74 Å². The van der Waals surface area contributed by atoms with Crippen molar-refractivity contribution in [2.75, 3.05) is 30.5 Å². The molecule has 0 aliphatic rings. The van der Waals surface area contributed by atoms with E-state index in [0.717, 1.165) is 18.8 Å². The lowest BCUT2D eigenvalue weighted by Gasteiger charge is -2.19. The van der Waals surface area contributed by atoms with Crippen molar-refractivity contribution in [1.29, 1.82) is 0 Å². The van der Waals surface area contributed by atoms with Crippen molar-refractivity contribution in [1.82, 2.24) is 9.97 Å². The number of aromatic nitrogens is 2. The van der Waals surface area contributed by atoms with Gasteiger partial charge in [-0.3, -0.25) is 0 Å². The van der Waals surface area contributed by atoms with Gasteiger partial charge in [0.25, 0.3) is 0 Å². The summed E-state index contributed by atoms with van der Waals surface area (Å²) in [6.07, 6.45) is 0.990. The fraction of sp³-hybridized carbons (Fsp3) is 0.429. The highest BCUT2D eigenvalue weighted by atomic mass is 32.1. The molecule has 7 heteroatoms. The third-order valence-electron chi connectivity index (χ3n) is 3.01. The maximum Gasteiger partial charge on any atom is 0.158 e. The van der Waals surface area contributed by atoms with Crippen LogP contribution in [0.3, 0.4) is 0 Å². The zero-order valence-electron chi connectivity index (χ0n) is 12.4. The van der Waals surface area contributed by atoms with Gasteiger partial charge >= 0.3 is 0 Å². The van der Waals surface area contributed by atoms with E-state index in [1.807, 2.05) is 20.0 Å². The second-order valence-electron chi connectivity index (χ2n) is 4.56. The van der Waals surface area contributed by atoms with E-state index in [0.29, 0.717) is 24.9 Å². The smallest absolute Gasteiger partial charge is 0.158 e. The Hall–Kier alpha value is -1.70. The van der Waals surface area contributed by atoms with Gasteiger partial charge in [0, 0.05) is 31.1 Å². The third-order valence-corrected chi connectivity index (χ3v) is 3.94. The van der Waals surface area contributed by atoms with Gasteiger partial charge < -0.3 is 15.1 Å². The predicted molar refractivity (Wildman–Crippen MR) is 86.5 cm³/mol. The number of thiophene rings is 1. The highest BCUT2D eigenvalue weighted by molar-refractivity contribution is 7.09. The fourth-order valence-electron chi connectivity index (χ4n) is 1.86. The van der Waals surface area contributed by atoms with Crippen LogP contribution in [0, 0.1) is 0 Å². The summed E-state index contributed by atoms with van der Waals surface area (Å²) in [5, 5.41) is 2.09. The molecule has 2 heterocycles. The first-order valence-corrected chi connectivity index (χ1v) is 7.76. The van der Waals surface area contributed by atoms with Crippen molar-refractivity contribution in [3.05, 3.63) is 34.3 Å². The van der Waals surface area contributed by atoms with Crippen molar-refractivity contribution in [3.63, 3.8) is 0 Å². The molecule has 2 aromatic heterocycles. The van der Waals surface area contributed by atoms with Crippen molar-refractivity contribution in [2.24, 2.45) is 5.84 Å². The Morgan fingerprint density at radius 2 is 2.29 bits per heavy atom.